The fraction of sp³-hybridized carbons (Fsp3) is 0.604. The van der Waals surface area contributed by atoms with Crippen molar-refractivity contribution >= 4 is 17.9 Å². The van der Waals surface area contributed by atoms with Gasteiger partial charge in [0.15, 0.2) is 6.10 Å². The average Bonchev–Trinajstić information content (AvgIpc) is 3.17. The molecule has 0 bridgehead atoms. The number of carbonyl (C=O) groups is 3. The van der Waals surface area contributed by atoms with Gasteiger partial charge in [0.2, 0.25) is 0 Å². The molecule has 1 atom stereocenters. The Labute approximate surface area is 330 Å². The van der Waals surface area contributed by atoms with Crippen molar-refractivity contribution in [1.82, 2.24) is 0 Å². The third-order valence-electron chi connectivity index (χ3n) is 8.34. The molecule has 0 aliphatic rings. The molecule has 0 aliphatic carbocycles. The number of unbranched alkanes of at least 4 members (excludes halogenated alkanes) is 10. The average molecular weight is 749 g/mol. The van der Waals surface area contributed by atoms with E-state index in [-0.39, 0.29) is 31.6 Å². The van der Waals surface area contributed by atoms with Crippen LogP contribution in [0.4, 0.5) is 0 Å². The van der Waals surface area contributed by atoms with Gasteiger partial charge >= 0.3 is 17.9 Å². The van der Waals surface area contributed by atoms with E-state index in [2.05, 4.69) is 106 Å². The van der Waals surface area contributed by atoms with Gasteiger partial charge in [0.05, 0.1) is 6.42 Å². The molecule has 6 nitrogen and oxygen atoms in total. The maximum atomic E-state index is 12.6. The Hall–Kier alpha value is -3.67. The van der Waals surface area contributed by atoms with Gasteiger partial charge in [0, 0.05) is 12.8 Å². The van der Waals surface area contributed by atoms with E-state index in [0.717, 1.165) is 109 Å². The van der Waals surface area contributed by atoms with E-state index in [9.17, 15) is 14.4 Å². The molecule has 0 aromatic carbocycles. The van der Waals surface area contributed by atoms with Crippen LogP contribution in [0.15, 0.2) is 97.2 Å². The van der Waals surface area contributed by atoms with E-state index >= 15 is 0 Å². The monoisotopic (exact) mass is 749 g/mol. The van der Waals surface area contributed by atoms with Gasteiger partial charge in [-0.15, -0.1) is 0 Å². The van der Waals surface area contributed by atoms with Crippen LogP contribution in [-0.4, -0.2) is 37.2 Å². The lowest BCUT2D eigenvalue weighted by Crippen LogP contribution is -2.30. The van der Waals surface area contributed by atoms with E-state index in [0.29, 0.717) is 12.8 Å². The third-order valence-corrected chi connectivity index (χ3v) is 8.34. The van der Waals surface area contributed by atoms with Crippen molar-refractivity contribution in [3.63, 3.8) is 0 Å². The molecule has 0 spiro atoms. The first-order valence-electron chi connectivity index (χ1n) is 21.2. The molecule has 6 heteroatoms. The second kappa shape index (κ2) is 42.1. The fourth-order valence-electron chi connectivity index (χ4n) is 5.18. The Kier molecular flexibility index (Phi) is 39.2. The quantitative estimate of drug-likeness (QED) is 0.0275. The number of rotatable bonds is 36. The second-order valence-corrected chi connectivity index (χ2v) is 13.5. The topological polar surface area (TPSA) is 78.9 Å². The predicted octanol–water partition coefficient (Wildman–Crippen LogP) is 13.5. The zero-order chi connectivity index (χ0) is 39.4. The van der Waals surface area contributed by atoms with E-state index in [1.165, 1.54) is 19.3 Å². The molecule has 0 aromatic heterocycles. The van der Waals surface area contributed by atoms with Gasteiger partial charge in [0.1, 0.15) is 13.2 Å². The number of carbonyl (C=O) groups excluding carboxylic acids is 3. The summed E-state index contributed by atoms with van der Waals surface area (Å²) in [6.45, 7) is 6.19. The first-order valence-corrected chi connectivity index (χ1v) is 21.2. The molecule has 0 aliphatic heterocycles. The smallest absolute Gasteiger partial charge is 0.309 e. The van der Waals surface area contributed by atoms with Gasteiger partial charge in [-0.3, -0.25) is 14.4 Å². The van der Waals surface area contributed by atoms with Gasteiger partial charge in [-0.1, -0.05) is 157 Å². The summed E-state index contributed by atoms with van der Waals surface area (Å²) < 4.78 is 16.5. The van der Waals surface area contributed by atoms with Crippen molar-refractivity contribution in [2.75, 3.05) is 13.2 Å². The predicted molar refractivity (Wildman–Crippen MR) is 228 cm³/mol. The Balaban J connectivity index is 4.51. The molecule has 0 saturated heterocycles. The molecule has 0 N–H and O–H groups in total. The first kappa shape index (κ1) is 50.3. The minimum Gasteiger partial charge on any atom is -0.462 e. The lowest BCUT2D eigenvalue weighted by Gasteiger charge is -2.18. The van der Waals surface area contributed by atoms with Crippen molar-refractivity contribution in [2.24, 2.45) is 0 Å². The molecule has 0 aromatic rings. The summed E-state index contributed by atoms with van der Waals surface area (Å²) in [6.07, 6.45) is 54.2. The zero-order valence-electron chi connectivity index (χ0n) is 34.4. The van der Waals surface area contributed by atoms with Crippen LogP contribution in [-0.2, 0) is 28.6 Å². The van der Waals surface area contributed by atoms with Crippen LogP contribution in [0.2, 0.25) is 0 Å². The second-order valence-electron chi connectivity index (χ2n) is 13.5. The molecule has 0 radical (unpaired) electrons. The largest absolute Gasteiger partial charge is 0.462 e. The highest BCUT2D eigenvalue weighted by atomic mass is 16.6. The lowest BCUT2D eigenvalue weighted by molar-refractivity contribution is -0.166. The molecule has 0 rings (SSSR count). The van der Waals surface area contributed by atoms with Crippen molar-refractivity contribution in [3.8, 4) is 0 Å². The number of esters is 3. The van der Waals surface area contributed by atoms with Crippen molar-refractivity contribution in [2.45, 2.75) is 175 Å². The van der Waals surface area contributed by atoms with E-state index in [1.807, 2.05) is 6.08 Å². The first-order chi connectivity index (χ1) is 26.5. The van der Waals surface area contributed by atoms with Gasteiger partial charge < -0.3 is 14.2 Å². The van der Waals surface area contributed by atoms with Crippen LogP contribution >= 0.6 is 0 Å². The molecule has 54 heavy (non-hydrogen) atoms. The van der Waals surface area contributed by atoms with E-state index in [4.69, 9.17) is 14.2 Å². The van der Waals surface area contributed by atoms with Crippen LogP contribution in [0, 0.1) is 0 Å². The summed E-state index contributed by atoms with van der Waals surface area (Å²) in [6, 6.07) is 0. The number of hydrogen-bond acceptors (Lipinski definition) is 6. The molecule has 304 valence electrons. The normalized spacial score (nSPS) is 13.0. The number of ether oxygens (including phenoxy) is 3. The van der Waals surface area contributed by atoms with Crippen LogP contribution in [0.3, 0.4) is 0 Å². The Morgan fingerprint density at radius 3 is 1.33 bits per heavy atom. The summed E-state index contributed by atoms with van der Waals surface area (Å²) in [7, 11) is 0. The van der Waals surface area contributed by atoms with Gasteiger partial charge in [0.25, 0.3) is 0 Å². The fourth-order valence-corrected chi connectivity index (χ4v) is 5.18. The van der Waals surface area contributed by atoms with E-state index < -0.39 is 12.1 Å². The highest BCUT2D eigenvalue weighted by molar-refractivity contribution is 5.72. The van der Waals surface area contributed by atoms with Crippen LogP contribution in [0.25, 0.3) is 0 Å². The maximum Gasteiger partial charge on any atom is 0.309 e. The molecule has 0 fully saturated rings. The van der Waals surface area contributed by atoms with E-state index in [1.54, 1.807) is 6.08 Å². The zero-order valence-corrected chi connectivity index (χ0v) is 34.4. The molecule has 0 saturated carbocycles. The third kappa shape index (κ3) is 39.5. The highest BCUT2D eigenvalue weighted by Crippen LogP contribution is 2.11. The minimum atomic E-state index is -0.828. The van der Waals surface area contributed by atoms with Crippen molar-refractivity contribution in [3.05, 3.63) is 97.2 Å². The SMILES string of the molecule is CC/C=C\C/C=C\C/C=C\C/C=C\CCCCCC(=O)OCC(COC(=O)C/C=C\C/C=C\C/C=C\CC)OC(=O)CCCCCCC/C=C\CCCC. The summed E-state index contributed by atoms with van der Waals surface area (Å²) in [5, 5.41) is 0. The standard InChI is InChI=1S/C48H76O6/c1-4-7-10-13-16-19-21-22-23-24-25-27-29-32-35-38-41-47(50)53-44-45(43-52-46(49)40-37-34-31-28-18-15-12-9-6-3)54-48(51)42-39-36-33-30-26-20-17-14-11-8-5-2/h7,9-10,12,14,16-19,22-23,25,27-28,34,37,45H,4-6,8,11,13,15,20-21,24,26,29-33,35-36,38-44H2,1-3H3/b10-7-,12-9-,17-14-,19-16-,23-22-,27-25-,28-18-,37-34-. The number of allylic oxidation sites excluding steroid dienone is 15. The molecule has 1 unspecified atom stereocenters. The Bertz CT molecular complexity index is 1140. The van der Waals surface area contributed by atoms with Crippen molar-refractivity contribution < 1.29 is 28.6 Å². The summed E-state index contributed by atoms with van der Waals surface area (Å²) in [5.41, 5.74) is 0. The van der Waals surface area contributed by atoms with Crippen molar-refractivity contribution in [1.29, 1.82) is 0 Å². The van der Waals surface area contributed by atoms with Gasteiger partial charge in [-0.25, -0.2) is 0 Å². The Morgan fingerprint density at radius 2 is 0.796 bits per heavy atom. The lowest BCUT2D eigenvalue weighted by atomic mass is 10.1. The molecule has 0 heterocycles. The summed E-state index contributed by atoms with van der Waals surface area (Å²) >= 11 is 0. The molecular weight excluding hydrogens is 673 g/mol. The summed E-state index contributed by atoms with van der Waals surface area (Å²) in [4.78, 5) is 37.5. The van der Waals surface area contributed by atoms with Gasteiger partial charge in [-0.05, 0) is 89.9 Å². The minimum absolute atomic E-state index is 0.124. The van der Waals surface area contributed by atoms with Crippen LogP contribution < -0.4 is 0 Å². The highest BCUT2D eigenvalue weighted by Gasteiger charge is 2.19. The van der Waals surface area contributed by atoms with Crippen LogP contribution in [0.5, 0.6) is 0 Å². The Morgan fingerprint density at radius 1 is 0.407 bits per heavy atom. The summed E-state index contributed by atoms with van der Waals surface area (Å²) in [5.74, 6) is -1.11. The van der Waals surface area contributed by atoms with Gasteiger partial charge in [-0.2, -0.15) is 0 Å². The molecular formula is C48H76O6. The number of hydrogen-bond donors (Lipinski definition) is 0. The van der Waals surface area contributed by atoms with Crippen LogP contribution in [0.1, 0.15) is 168 Å². The molecule has 0 amide bonds. The maximum absolute atomic E-state index is 12.6.